The lowest BCUT2D eigenvalue weighted by atomic mass is 10.1. The maximum Gasteiger partial charge on any atom is 0.319 e. The maximum absolute atomic E-state index is 12.1. The zero-order chi connectivity index (χ0) is 19.8. The van der Waals surface area contributed by atoms with E-state index in [0.717, 1.165) is 16.5 Å². The number of thioether (sulfide) groups is 1. The Kier molecular flexibility index (Phi) is 7.48. The molecule has 1 fully saturated rings. The highest BCUT2D eigenvalue weighted by Crippen LogP contribution is 2.35. The molecular weight excluding hydrogens is 372 g/mol. The molecule has 0 spiro atoms. The molecule has 0 radical (unpaired) electrons. The number of nitrogens with one attached hydrogen (secondary N) is 2. The van der Waals surface area contributed by atoms with E-state index >= 15 is 0 Å². The topological polar surface area (TPSA) is 59.6 Å². The minimum Gasteiger partial charge on any atom is -0.493 e. The third kappa shape index (κ3) is 5.83. The van der Waals surface area contributed by atoms with Gasteiger partial charge in [-0.3, -0.25) is 0 Å². The van der Waals surface area contributed by atoms with Gasteiger partial charge in [0.15, 0.2) is 11.5 Å². The summed E-state index contributed by atoms with van der Waals surface area (Å²) in [7, 11) is 3.23. The van der Waals surface area contributed by atoms with Crippen molar-refractivity contribution in [2.24, 2.45) is 0 Å². The van der Waals surface area contributed by atoms with E-state index in [1.807, 2.05) is 42.1 Å². The van der Waals surface area contributed by atoms with Gasteiger partial charge in [-0.1, -0.05) is 18.9 Å². The number of hydrogen-bond donors (Lipinski definition) is 2. The van der Waals surface area contributed by atoms with E-state index in [2.05, 4.69) is 22.8 Å². The Balaban J connectivity index is 1.42. The van der Waals surface area contributed by atoms with E-state index in [1.54, 1.807) is 14.2 Å². The number of urea groups is 1. The lowest BCUT2D eigenvalue weighted by molar-refractivity contribution is 0.252. The molecule has 0 aliphatic heterocycles. The van der Waals surface area contributed by atoms with Crippen LogP contribution in [0.4, 0.5) is 10.5 Å². The number of anilines is 1. The highest BCUT2D eigenvalue weighted by molar-refractivity contribution is 8.00. The van der Waals surface area contributed by atoms with Crippen LogP contribution in [0.1, 0.15) is 31.2 Å². The highest BCUT2D eigenvalue weighted by atomic mass is 32.2. The molecular formula is C22H28N2O3S. The Bertz CT molecular complexity index is 774. The summed E-state index contributed by atoms with van der Waals surface area (Å²) in [6.45, 7) is 0.539. The van der Waals surface area contributed by atoms with Crippen LogP contribution in [0.25, 0.3) is 0 Å². The van der Waals surface area contributed by atoms with Gasteiger partial charge in [0.05, 0.1) is 14.2 Å². The van der Waals surface area contributed by atoms with Crippen molar-refractivity contribution in [3.8, 4) is 11.5 Å². The summed E-state index contributed by atoms with van der Waals surface area (Å²) >= 11 is 1.95. The van der Waals surface area contributed by atoms with Gasteiger partial charge in [-0.25, -0.2) is 4.79 Å². The smallest absolute Gasteiger partial charge is 0.319 e. The summed E-state index contributed by atoms with van der Waals surface area (Å²) in [5.74, 6) is 1.39. The van der Waals surface area contributed by atoms with E-state index in [-0.39, 0.29) is 6.03 Å². The number of methoxy groups -OCH3 is 2. The van der Waals surface area contributed by atoms with Crippen LogP contribution >= 0.6 is 11.8 Å². The van der Waals surface area contributed by atoms with Crippen LogP contribution in [-0.4, -0.2) is 32.0 Å². The van der Waals surface area contributed by atoms with Crippen molar-refractivity contribution in [3.05, 3.63) is 48.0 Å². The molecule has 0 bridgehead atoms. The standard InChI is InChI=1S/C22H28N2O3S/c1-26-20-12-7-16(15-21(20)27-2)13-14-23-22(25)24-17-8-10-19(11-9-17)28-18-5-3-4-6-18/h7-12,15,18H,3-6,13-14H2,1-2H3,(H2,23,24,25). The zero-order valence-electron chi connectivity index (χ0n) is 16.5. The molecule has 6 heteroatoms. The van der Waals surface area contributed by atoms with Crippen molar-refractivity contribution in [3.63, 3.8) is 0 Å². The molecule has 150 valence electrons. The monoisotopic (exact) mass is 400 g/mol. The molecule has 2 amide bonds. The Morgan fingerprint density at radius 1 is 1.04 bits per heavy atom. The van der Waals surface area contributed by atoms with Crippen molar-refractivity contribution >= 4 is 23.5 Å². The van der Waals surface area contributed by atoms with Crippen LogP contribution < -0.4 is 20.1 Å². The van der Waals surface area contributed by atoms with Crippen molar-refractivity contribution < 1.29 is 14.3 Å². The highest BCUT2D eigenvalue weighted by Gasteiger charge is 2.16. The number of carbonyl (C=O) groups excluding carboxylic acids is 1. The van der Waals surface area contributed by atoms with Gasteiger partial charge in [-0.15, -0.1) is 11.8 Å². The third-order valence-corrected chi connectivity index (χ3v) is 6.21. The first-order valence-corrected chi connectivity index (χ1v) is 10.6. The first-order valence-electron chi connectivity index (χ1n) is 9.70. The molecule has 1 aliphatic rings. The Morgan fingerprint density at radius 2 is 1.75 bits per heavy atom. The second-order valence-corrected chi connectivity index (χ2v) is 8.24. The predicted octanol–water partition coefficient (Wildman–Crippen LogP) is 5.10. The predicted molar refractivity (Wildman–Crippen MR) is 115 cm³/mol. The number of carbonyl (C=O) groups is 1. The molecule has 1 aliphatic carbocycles. The normalized spacial score (nSPS) is 13.9. The average molecular weight is 401 g/mol. The summed E-state index contributed by atoms with van der Waals surface area (Å²) in [6, 6.07) is 13.7. The van der Waals surface area contributed by atoms with Crippen LogP contribution in [0.5, 0.6) is 11.5 Å². The van der Waals surface area contributed by atoms with E-state index in [0.29, 0.717) is 24.5 Å². The Morgan fingerprint density at radius 3 is 2.43 bits per heavy atom. The van der Waals surface area contributed by atoms with Gasteiger partial charge in [0.2, 0.25) is 0 Å². The molecule has 2 N–H and O–H groups in total. The van der Waals surface area contributed by atoms with E-state index in [9.17, 15) is 4.79 Å². The van der Waals surface area contributed by atoms with Crippen molar-refractivity contribution in [2.75, 3.05) is 26.1 Å². The Hall–Kier alpha value is -2.34. The molecule has 2 aromatic carbocycles. The van der Waals surface area contributed by atoms with Crippen molar-refractivity contribution in [2.45, 2.75) is 42.2 Å². The van der Waals surface area contributed by atoms with E-state index in [4.69, 9.17) is 9.47 Å². The van der Waals surface area contributed by atoms with Crippen LogP contribution in [0.3, 0.4) is 0 Å². The fourth-order valence-electron chi connectivity index (χ4n) is 3.35. The van der Waals surface area contributed by atoms with Gasteiger partial charge in [0.25, 0.3) is 0 Å². The molecule has 3 rings (SSSR count). The molecule has 2 aromatic rings. The van der Waals surface area contributed by atoms with Gasteiger partial charge in [-0.2, -0.15) is 0 Å². The van der Waals surface area contributed by atoms with E-state index < -0.39 is 0 Å². The van der Waals surface area contributed by atoms with Crippen LogP contribution in [0, 0.1) is 0 Å². The molecule has 0 aromatic heterocycles. The summed E-state index contributed by atoms with van der Waals surface area (Å²) in [5, 5.41) is 6.53. The van der Waals surface area contributed by atoms with Gasteiger partial charge in [0, 0.05) is 22.4 Å². The summed E-state index contributed by atoms with van der Waals surface area (Å²) < 4.78 is 10.5. The lowest BCUT2D eigenvalue weighted by Crippen LogP contribution is -2.30. The summed E-state index contributed by atoms with van der Waals surface area (Å²) in [5.41, 5.74) is 1.88. The molecule has 28 heavy (non-hydrogen) atoms. The maximum atomic E-state index is 12.1. The minimum absolute atomic E-state index is 0.198. The zero-order valence-corrected chi connectivity index (χ0v) is 17.3. The quantitative estimate of drug-likeness (QED) is 0.647. The van der Waals surface area contributed by atoms with Crippen LogP contribution in [0.2, 0.25) is 0 Å². The number of ether oxygens (including phenoxy) is 2. The SMILES string of the molecule is COc1ccc(CCNC(=O)Nc2ccc(SC3CCCC3)cc2)cc1OC. The minimum atomic E-state index is -0.198. The second kappa shape index (κ2) is 10.3. The van der Waals surface area contributed by atoms with Gasteiger partial charge < -0.3 is 20.1 Å². The van der Waals surface area contributed by atoms with Crippen molar-refractivity contribution in [1.82, 2.24) is 5.32 Å². The largest absolute Gasteiger partial charge is 0.493 e. The average Bonchev–Trinajstić information content (AvgIpc) is 3.22. The number of benzene rings is 2. The third-order valence-electron chi connectivity index (χ3n) is 4.86. The fraction of sp³-hybridized carbons (Fsp3) is 0.409. The summed E-state index contributed by atoms with van der Waals surface area (Å²) in [4.78, 5) is 13.4. The molecule has 0 heterocycles. The van der Waals surface area contributed by atoms with Gasteiger partial charge >= 0.3 is 6.03 Å². The molecule has 1 saturated carbocycles. The van der Waals surface area contributed by atoms with Crippen molar-refractivity contribution in [1.29, 1.82) is 0 Å². The molecule has 0 unspecified atom stereocenters. The molecule has 0 saturated heterocycles. The van der Waals surface area contributed by atoms with Gasteiger partial charge in [0.1, 0.15) is 0 Å². The van der Waals surface area contributed by atoms with E-state index in [1.165, 1.54) is 30.6 Å². The number of amides is 2. The first kappa shape index (κ1) is 20.4. The number of rotatable bonds is 8. The molecule has 5 nitrogen and oxygen atoms in total. The number of hydrogen-bond acceptors (Lipinski definition) is 4. The second-order valence-electron chi connectivity index (χ2n) is 6.87. The Labute approximate surface area is 171 Å². The van der Waals surface area contributed by atoms with Gasteiger partial charge in [-0.05, 0) is 61.2 Å². The fourth-order valence-corrected chi connectivity index (χ4v) is 4.59. The van der Waals surface area contributed by atoms with Crippen LogP contribution in [-0.2, 0) is 6.42 Å². The lowest BCUT2D eigenvalue weighted by Gasteiger charge is -2.11. The molecule has 0 atom stereocenters. The van der Waals surface area contributed by atoms with Crippen LogP contribution in [0.15, 0.2) is 47.4 Å². The first-order chi connectivity index (χ1) is 13.7. The summed E-state index contributed by atoms with van der Waals surface area (Å²) in [6.07, 6.45) is 6.03.